The van der Waals surface area contributed by atoms with E-state index >= 15 is 0 Å². The number of hydrogen-bond donors (Lipinski definition) is 1. The molecule has 0 aliphatic carbocycles. The van der Waals surface area contributed by atoms with Gasteiger partial charge < -0.3 is 5.32 Å². The van der Waals surface area contributed by atoms with Crippen molar-refractivity contribution in [2.45, 2.75) is 12.7 Å². The molecular weight excluding hydrogens is 357 g/mol. The minimum atomic E-state index is -4.65. The van der Waals surface area contributed by atoms with Gasteiger partial charge in [-0.2, -0.15) is 13.2 Å². The Balaban J connectivity index is 2.22. The van der Waals surface area contributed by atoms with Gasteiger partial charge in [-0.25, -0.2) is 8.78 Å². The Morgan fingerprint density at radius 2 is 1.71 bits per heavy atom. The average molecular weight is 366 g/mol. The lowest BCUT2D eigenvalue weighted by Crippen LogP contribution is -2.12. The number of alkyl halides is 3. The number of benzene rings is 2. The molecule has 2 aromatic carbocycles. The highest BCUT2D eigenvalue weighted by Crippen LogP contribution is 2.33. The minimum absolute atomic E-state index is 0.118. The number of halogens is 6. The fourth-order valence-electron chi connectivity index (χ4n) is 1.77. The minimum Gasteiger partial charge on any atom is -0.381 e. The summed E-state index contributed by atoms with van der Waals surface area (Å²) in [5, 5.41) is 2.68. The van der Waals surface area contributed by atoms with Crippen LogP contribution in [0, 0.1) is 11.6 Å². The van der Waals surface area contributed by atoms with Crippen LogP contribution in [0.25, 0.3) is 0 Å². The van der Waals surface area contributed by atoms with Crippen LogP contribution in [0.3, 0.4) is 0 Å². The Morgan fingerprint density at radius 3 is 2.33 bits per heavy atom. The van der Waals surface area contributed by atoms with Crippen molar-refractivity contribution in [2.75, 3.05) is 5.32 Å². The van der Waals surface area contributed by atoms with Gasteiger partial charge in [0.05, 0.1) is 10.0 Å². The first kappa shape index (κ1) is 15.8. The zero-order chi connectivity index (χ0) is 15.6. The van der Waals surface area contributed by atoms with Gasteiger partial charge >= 0.3 is 6.18 Å². The molecule has 0 unspecified atom stereocenters. The lowest BCUT2D eigenvalue weighted by Gasteiger charge is -2.14. The van der Waals surface area contributed by atoms with E-state index in [4.69, 9.17) is 0 Å². The van der Waals surface area contributed by atoms with Crippen molar-refractivity contribution in [1.82, 2.24) is 0 Å². The van der Waals surface area contributed by atoms with Crippen LogP contribution in [-0.2, 0) is 12.7 Å². The molecule has 2 rings (SSSR count). The molecule has 0 amide bonds. The molecule has 0 saturated carbocycles. The summed E-state index contributed by atoms with van der Waals surface area (Å²) in [5.74, 6) is -1.49. The first-order valence-corrected chi connectivity index (χ1v) is 6.61. The highest BCUT2D eigenvalue weighted by molar-refractivity contribution is 9.10. The Hall–Kier alpha value is -1.63. The van der Waals surface area contributed by atoms with Crippen molar-refractivity contribution in [3.63, 3.8) is 0 Å². The first-order valence-electron chi connectivity index (χ1n) is 5.82. The van der Waals surface area contributed by atoms with Gasteiger partial charge in [0.15, 0.2) is 0 Å². The summed E-state index contributed by atoms with van der Waals surface area (Å²) in [6.07, 6.45) is -4.65. The van der Waals surface area contributed by atoms with Gasteiger partial charge in [0.1, 0.15) is 11.6 Å². The zero-order valence-electron chi connectivity index (χ0n) is 10.4. The van der Waals surface area contributed by atoms with Gasteiger partial charge in [0, 0.05) is 12.2 Å². The Labute approximate surface area is 125 Å². The van der Waals surface area contributed by atoms with Crippen LogP contribution in [0.15, 0.2) is 40.9 Å². The molecule has 0 atom stereocenters. The summed E-state index contributed by atoms with van der Waals surface area (Å²) in [7, 11) is 0. The SMILES string of the molecule is Fc1ccc(CNc2ccc(Br)c(F)c2)c(C(F)(F)F)c1. The van der Waals surface area contributed by atoms with Crippen molar-refractivity contribution >= 4 is 21.6 Å². The van der Waals surface area contributed by atoms with E-state index in [2.05, 4.69) is 21.2 Å². The molecule has 112 valence electrons. The average Bonchev–Trinajstić information content (AvgIpc) is 2.40. The number of rotatable bonds is 3. The molecule has 0 saturated heterocycles. The molecule has 2 aromatic rings. The molecule has 21 heavy (non-hydrogen) atoms. The van der Waals surface area contributed by atoms with E-state index in [1.807, 2.05) is 0 Å². The lowest BCUT2D eigenvalue weighted by molar-refractivity contribution is -0.138. The number of hydrogen-bond acceptors (Lipinski definition) is 1. The van der Waals surface area contributed by atoms with Gasteiger partial charge in [-0.05, 0) is 51.8 Å². The summed E-state index contributed by atoms with van der Waals surface area (Å²) in [6.45, 7) is -0.198. The van der Waals surface area contributed by atoms with E-state index in [1.165, 1.54) is 12.1 Å². The summed E-state index contributed by atoms with van der Waals surface area (Å²) < 4.78 is 65.0. The lowest BCUT2D eigenvalue weighted by atomic mass is 10.1. The van der Waals surface area contributed by atoms with Crippen LogP contribution in [-0.4, -0.2) is 0 Å². The van der Waals surface area contributed by atoms with E-state index in [1.54, 1.807) is 0 Å². The zero-order valence-corrected chi connectivity index (χ0v) is 12.0. The van der Waals surface area contributed by atoms with Gasteiger partial charge in [-0.15, -0.1) is 0 Å². The van der Waals surface area contributed by atoms with E-state index < -0.39 is 23.4 Å². The van der Waals surface area contributed by atoms with Crippen LogP contribution < -0.4 is 5.32 Å². The van der Waals surface area contributed by atoms with Gasteiger partial charge in [-0.1, -0.05) is 6.07 Å². The highest BCUT2D eigenvalue weighted by Gasteiger charge is 2.33. The van der Waals surface area contributed by atoms with Crippen LogP contribution in [0.5, 0.6) is 0 Å². The summed E-state index contributed by atoms with van der Waals surface area (Å²) >= 11 is 2.98. The Morgan fingerprint density at radius 1 is 1.00 bits per heavy atom. The molecular formula is C14H9BrF5N. The normalized spacial score (nSPS) is 11.5. The second kappa shape index (κ2) is 6.01. The van der Waals surface area contributed by atoms with E-state index in [-0.39, 0.29) is 16.6 Å². The smallest absolute Gasteiger partial charge is 0.381 e. The van der Waals surface area contributed by atoms with E-state index in [9.17, 15) is 22.0 Å². The Bertz CT molecular complexity index is 654. The highest BCUT2D eigenvalue weighted by atomic mass is 79.9. The molecule has 0 heterocycles. The fraction of sp³-hybridized carbons (Fsp3) is 0.143. The van der Waals surface area contributed by atoms with Crippen LogP contribution in [0.2, 0.25) is 0 Å². The fourth-order valence-corrected chi connectivity index (χ4v) is 2.02. The van der Waals surface area contributed by atoms with Crippen molar-refractivity contribution < 1.29 is 22.0 Å². The van der Waals surface area contributed by atoms with Crippen molar-refractivity contribution in [1.29, 1.82) is 0 Å². The summed E-state index contributed by atoms with van der Waals surface area (Å²) in [5.41, 5.74) is -0.840. The maximum absolute atomic E-state index is 13.3. The molecule has 0 spiro atoms. The maximum Gasteiger partial charge on any atom is 0.416 e. The molecule has 7 heteroatoms. The van der Waals surface area contributed by atoms with Crippen molar-refractivity contribution in [3.8, 4) is 0 Å². The van der Waals surface area contributed by atoms with Crippen LogP contribution in [0.4, 0.5) is 27.6 Å². The largest absolute Gasteiger partial charge is 0.416 e. The number of anilines is 1. The summed E-state index contributed by atoms with van der Waals surface area (Å²) in [4.78, 5) is 0. The molecule has 0 bridgehead atoms. The molecule has 0 fully saturated rings. The van der Waals surface area contributed by atoms with Crippen LogP contribution >= 0.6 is 15.9 Å². The third-order valence-corrected chi connectivity index (χ3v) is 3.42. The molecule has 0 aliphatic rings. The van der Waals surface area contributed by atoms with Crippen molar-refractivity contribution in [2.24, 2.45) is 0 Å². The molecule has 0 aromatic heterocycles. The summed E-state index contributed by atoms with van der Waals surface area (Å²) in [6, 6.07) is 6.56. The Kier molecular flexibility index (Phi) is 4.51. The van der Waals surface area contributed by atoms with Crippen molar-refractivity contribution in [3.05, 3.63) is 63.6 Å². The third-order valence-electron chi connectivity index (χ3n) is 2.78. The predicted molar refractivity (Wildman–Crippen MR) is 72.8 cm³/mol. The first-order chi connectivity index (χ1) is 9.77. The number of nitrogens with one attached hydrogen (secondary N) is 1. The van der Waals surface area contributed by atoms with E-state index in [0.29, 0.717) is 11.8 Å². The topological polar surface area (TPSA) is 12.0 Å². The van der Waals surface area contributed by atoms with Gasteiger partial charge in [-0.3, -0.25) is 0 Å². The van der Waals surface area contributed by atoms with Gasteiger partial charge in [0.2, 0.25) is 0 Å². The third kappa shape index (κ3) is 3.93. The van der Waals surface area contributed by atoms with E-state index in [0.717, 1.165) is 18.2 Å². The maximum atomic E-state index is 13.3. The quantitative estimate of drug-likeness (QED) is 0.722. The molecule has 1 N–H and O–H groups in total. The van der Waals surface area contributed by atoms with Crippen LogP contribution in [0.1, 0.15) is 11.1 Å². The second-order valence-electron chi connectivity index (χ2n) is 4.28. The predicted octanol–water partition coefficient (Wildman–Crippen LogP) is 5.36. The van der Waals surface area contributed by atoms with Gasteiger partial charge in [0.25, 0.3) is 0 Å². The molecule has 0 aliphatic heterocycles. The molecule has 0 radical (unpaired) electrons. The standard InChI is InChI=1S/C14H9BrF5N/c15-12-4-3-10(6-13(12)17)21-7-8-1-2-9(16)5-11(8)14(18,19)20/h1-6,21H,7H2. The molecule has 1 nitrogen and oxygen atoms in total. The second-order valence-corrected chi connectivity index (χ2v) is 5.14. The monoisotopic (exact) mass is 365 g/mol.